The predicted octanol–water partition coefficient (Wildman–Crippen LogP) is 1.70. The Hall–Kier alpha value is -2.57. The number of benzene rings is 2. The molecule has 1 aromatic heterocycles. The lowest BCUT2D eigenvalue weighted by Gasteiger charge is -2.01. The van der Waals surface area contributed by atoms with Crippen LogP contribution < -0.4 is 10.2 Å². The van der Waals surface area contributed by atoms with Gasteiger partial charge in [0, 0.05) is 11.1 Å². The minimum Gasteiger partial charge on any atom is -0.497 e. The first kappa shape index (κ1) is 14.4. The topological polar surface area (TPSA) is 75.7 Å². The maximum absolute atomic E-state index is 9.09. The van der Waals surface area contributed by atoms with E-state index in [0.29, 0.717) is 17.1 Å². The molecule has 0 unspecified atom stereocenters. The van der Waals surface area contributed by atoms with Crippen LogP contribution in [0.2, 0.25) is 0 Å². The zero-order chi connectivity index (χ0) is 15.5. The van der Waals surface area contributed by atoms with Gasteiger partial charge < -0.3 is 19.2 Å². The first-order chi connectivity index (χ1) is 10.7. The average Bonchev–Trinajstić information content (AvgIpc) is 3.05. The highest BCUT2D eigenvalue weighted by atomic mass is 16.5. The molecule has 0 bridgehead atoms. The third-order valence-electron chi connectivity index (χ3n) is 3.34. The number of rotatable bonds is 4. The summed E-state index contributed by atoms with van der Waals surface area (Å²) in [7, 11) is 0.141. The van der Waals surface area contributed by atoms with E-state index in [1.165, 1.54) is 0 Å². The summed E-state index contributed by atoms with van der Waals surface area (Å²) in [6.07, 6.45) is 1.66. The largest absolute Gasteiger partial charge is 0.497 e. The van der Waals surface area contributed by atoms with Crippen LogP contribution in [0.25, 0.3) is 22.8 Å². The molecule has 0 saturated carbocycles. The van der Waals surface area contributed by atoms with Crippen molar-refractivity contribution in [1.29, 1.82) is 0 Å². The Bertz CT molecular complexity index is 751. The molecule has 2 aromatic carbocycles. The van der Waals surface area contributed by atoms with E-state index in [0.717, 1.165) is 16.9 Å². The van der Waals surface area contributed by atoms with Gasteiger partial charge in [-0.15, -0.1) is 0 Å². The van der Waals surface area contributed by atoms with Gasteiger partial charge in [0.2, 0.25) is 5.89 Å². The van der Waals surface area contributed by atoms with Gasteiger partial charge in [0.1, 0.15) is 5.75 Å². The van der Waals surface area contributed by atoms with Gasteiger partial charge in [-0.25, -0.2) is 4.98 Å². The Balaban J connectivity index is 1.86. The van der Waals surface area contributed by atoms with Gasteiger partial charge in [0.15, 0.2) is 5.76 Å². The molecule has 5 nitrogen and oxygen atoms in total. The molecule has 2 N–H and O–H groups in total. The van der Waals surface area contributed by atoms with Crippen molar-refractivity contribution in [3.63, 3.8) is 0 Å². The highest BCUT2D eigenvalue weighted by Crippen LogP contribution is 2.26. The van der Waals surface area contributed by atoms with E-state index in [1.807, 2.05) is 24.3 Å². The first-order valence-corrected chi connectivity index (χ1v) is 6.74. The zero-order valence-corrected chi connectivity index (χ0v) is 11.9. The molecule has 0 radical (unpaired) electrons. The minimum atomic E-state index is -1.48. The normalized spacial score (nSPS) is 10.5. The van der Waals surface area contributed by atoms with Crippen LogP contribution in [0, 0.1) is 0 Å². The fraction of sp³-hybridized carbons (Fsp3) is 0.0625. The van der Waals surface area contributed by atoms with E-state index in [4.69, 9.17) is 19.2 Å². The lowest BCUT2D eigenvalue weighted by atomic mass is 9.80. The second-order valence-electron chi connectivity index (χ2n) is 4.75. The highest BCUT2D eigenvalue weighted by Gasteiger charge is 2.12. The summed E-state index contributed by atoms with van der Waals surface area (Å²) in [5, 5.41) is 18.2. The number of ether oxygens (including phenoxy) is 1. The molecule has 3 rings (SSSR count). The maximum Gasteiger partial charge on any atom is 0.488 e. The Labute approximate surface area is 128 Å². The van der Waals surface area contributed by atoms with Crippen LogP contribution in [0.4, 0.5) is 0 Å². The number of hydrogen-bond acceptors (Lipinski definition) is 5. The second kappa shape index (κ2) is 6.05. The van der Waals surface area contributed by atoms with E-state index in [-0.39, 0.29) is 0 Å². The molecule has 1 heterocycles. The second-order valence-corrected chi connectivity index (χ2v) is 4.75. The van der Waals surface area contributed by atoms with Crippen molar-refractivity contribution in [2.45, 2.75) is 0 Å². The Morgan fingerprint density at radius 1 is 0.955 bits per heavy atom. The van der Waals surface area contributed by atoms with Gasteiger partial charge in [0.05, 0.1) is 13.3 Å². The van der Waals surface area contributed by atoms with Crippen molar-refractivity contribution < 1.29 is 19.2 Å². The molecule has 0 fully saturated rings. The first-order valence-electron chi connectivity index (χ1n) is 6.74. The van der Waals surface area contributed by atoms with E-state index in [9.17, 15) is 0 Å². The average molecular weight is 295 g/mol. The number of oxazole rings is 1. The third kappa shape index (κ3) is 2.88. The van der Waals surface area contributed by atoms with Crippen molar-refractivity contribution in [2.75, 3.05) is 7.11 Å². The zero-order valence-electron chi connectivity index (χ0n) is 11.9. The quantitative estimate of drug-likeness (QED) is 0.716. The standard InChI is InChI=1S/C16H14BNO4/c1-21-14-8-4-11(5-9-14)15-10-18-16(22-15)12-2-6-13(7-3-12)17(19)20/h2-10,19-20H,1H3. The van der Waals surface area contributed by atoms with Gasteiger partial charge in [-0.05, 0) is 41.9 Å². The lowest BCUT2D eigenvalue weighted by Crippen LogP contribution is -2.29. The molecule has 0 spiro atoms. The summed E-state index contributed by atoms with van der Waals surface area (Å²) in [4.78, 5) is 4.26. The van der Waals surface area contributed by atoms with E-state index < -0.39 is 7.12 Å². The van der Waals surface area contributed by atoms with Crippen LogP contribution in [0.15, 0.2) is 59.1 Å². The summed E-state index contributed by atoms with van der Waals surface area (Å²) >= 11 is 0. The summed E-state index contributed by atoms with van der Waals surface area (Å²) in [5.74, 6) is 1.91. The van der Waals surface area contributed by atoms with Gasteiger partial charge >= 0.3 is 7.12 Å². The fourth-order valence-electron chi connectivity index (χ4n) is 2.09. The van der Waals surface area contributed by atoms with Gasteiger partial charge in [-0.3, -0.25) is 0 Å². The van der Waals surface area contributed by atoms with E-state index >= 15 is 0 Å². The van der Waals surface area contributed by atoms with Crippen LogP contribution in [0.5, 0.6) is 5.75 Å². The number of nitrogens with zero attached hydrogens (tertiary/aromatic N) is 1. The van der Waals surface area contributed by atoms with Crippen LogP contribution in [-0.4, -0.2) is 29.3 Å². The van der Waals surface area contributed by atoms with Crippen LogP contribution in [-0.2, 0) is 0 Å². The van der Waals surface area contributed by atoms with Crippen LogP contribution >= 0.6 is 0 Å². The molecule has 110 valence electrons. The van der Waals surface area contributed by atoms with Gasteiger partial charge in [-0.1, -0.05) is 12.1 Å². The molecule has 0 aliphatic rings. The van der Waals surface area contributed by atoms with Crippen LogP contribution in [0.1, 0.15) is 0 Å². The van der Waals surface area contributed by atoms with Crippen molar-refractivity contribution in [3.8, 4) is 28.5 Å². The Kier molecular flexibility index (Phi) is 3.95. The Morgan fingerprint density at radius 3 is 2.18 bits per heavy atom. The highest BCUT2D eigenvalue weighted by molar-refractivity contribution is 6.58. The number of methoxy groups -OCH3 is 1. The summed E-state index contributed by atoms with van der Waals surface area (Å²) in [6, 6.07) is 14.2. The molecule has 0 saturated heterocycles. The molecule has 22 heavy (non-hydrogen) atoms. The molecule has 6 heteroatoms. The molecular weight excluding hydrogens is 281 g/mol. The van der Waals surface area contributed by atoms with E-state index in [1.54, 1.807) is 37.6 Å². The monoisotopic (exact) mass is 295 g/mol. The SMILES string of the molecule is COc1ccc(-c2cnc(-c3ccc(B(O)O)cc3)o2)cc1. The molecule has 3 aromatic rings. The fourth-order valence-corrected chi connectivity index (χ4v) is 2.09. The van der Waals surface area contributed by atoms with Crippen molar-refractivity contribution in [2.24, 2.45) is 0 Å². The maximum atomic E-state index is 9.09. The molecular formula is C16H14BNO4. The third-order valence-corrected chi connectivity index (χ3v) is 3.34. The van der Waals surface area contributed by atoms with Gasteiger partial charge in [0.25, 0.3) is 0 Å². The molecule has 0 aliphatic heterocycles. The molecule has 0 amide bonds. The van der Waals surface area contributed by atoms with Crippen molar-refractivity contribution >= 4 is 12.6 Å². The Morgan fingerprint density at radius 2 is 1.59 bits per heavy atom. The summed E-state index contributed by atoms with van der Waals surface area (Å²) < 4.78 is 10.9. The van der Waals surface area contributed by atoms with E-state index in [2.05, 4.69) is 4.98 Å². The predicted molar refractivity (Wildman–Crippen MR) is 83.8 cm³/mol. The van der Waals surface area contributed by atoms with Crippen molar-refractivity contribution in [3.05, 3.63) is 54.7 Å². The van der Waals surface area contributed by atoms with Gasteiger partial charge in [-0.2, -0.15) is 0 Å². The number of hydrogen-bond donors (Lipinski definition) is 2. The lowest BCUT2D eigenvalue weighted by molar-refractivity contribution is 0.415. The molecule has 0 atom stereocenters. The summed E-state index contributed by atoms with van der Waals surface area (Å²) in [5.41, 5.74) is 2.09. The molecule has 0 aliphatic carbocycles. The number of aromatic nitrogens is 1. The van der Waals surface area contributed by atoms with Crippen LogP contribution in [0.3, 0.4) is 0 Å². The minimum absolute atomic E-state index is 0.422. The van der Waals surface area contributed by atoms with Crippen molar-refractivity contribution in [1.82, 2.24) is 4.98 Å². The smallest absolute Gasteiger partial charge is 0.488 e. The summed E-state index contributed by atoms with van der Waals surface area (Å²) in [6.45, 7) is 0.